The van der Waals surface area contributed by atoms with Crippen molar-refractivity contribution in [2.45, 2.75) is 18.6 Å². The van der Waals surface area contributed by atoms with Gasteiger partial charge in [-0.1, -0.05) is 0 Å². The highest BCUT2D eigenvalue weighted by molar-refractivity contribution is 5.80. The topological polar surface area (TPSA) is 156 Å². The predicted molar refractivity (Wildman–Crippen MR) is 73.7 cm³/mol. The first kappa shape index (κ1) is 16.2. The number of nitrogens with zero attached hydrogens (tertiary/aromatic N) is 3. The van der Waals surface area contributed by atoms with Gasteiger partial charge in [0.1, 0.15) is 11.8 Å². The number of H-pyrrole nitrogens is 1. The highest BCUT2D eigenvalue weighted by Crippen LogP contribution is 2.09. The van der Waals surface area contributed by atoms with Gasteiger partial charge in [0.2, 0.25) is 0 Å². The summed E-state index contributed by atoms with van der Waals surface area (Å²) in [7, 11) is 1.00. The van der Waals surface area contributed by atoms with Crippen molar-refractivity contribution in [2.75, 3.05) is 26.1 Å². The second-order valence-corrected chi connectivity index (χ2v) is 4.05. The third kappa shape index (κ3) is 4.70. The Hall–Kier alpha value is -1.81. The van der Waals surface area contributed by atoms with Crippen molar-refractivity contribution in [1.82, 2.24) is 19.9 Å². The number of nitrogen functional groups attached to an aromatic ring is 1. The average Bonchev–Trinajstić information content (AvgIpc) is 2.91. The molecule has 3 heterocycles. The number of aliphatic hydroxyl groups is 2. The van der Waals surface area contributed by atoms with E-state index in [1.807, 2.05) is 0 Å². The fourth-order valence-electron chi connectivity index (χ4n) is 1.62. The highest BCUT2D eigenvalue weighted by atomic mass is 16.5. The van der Waals surface area contributed by atoms with Crippen LogP contribution in [0.15, 0.2) is 12.7 Å². The molecular weight excluding hydrogens is 264 g/mol. The second-order valence-electron chi connectivity index (χ2n) is 4.05. The summed E-state index contributed by atoms with van der Waals surface area (Å²) >= 11 is 0. The van der Waals surface area contributed by atoms with E-state index in [0.29, 0.717) is 36.6 Å². The molecule has 1 aliphatic heterocycles. The Kier molecular flexibility index (Phi) is 6.81. The van der Waals surface area contributed by atoms with E-state index in [1.54, 1.807) is 0 Å². The molecule has 0 aliphatic carbocycles. The summed E-state index contributed by atoms with van der Waals surface area (Å²) in [6.07, 6.45) is 3.27. The fraction of sp³-hybridized carbons (Fsp3) is 0.545. The predicted octanol–water partition coefficient (Wildman–Crippen LogP) is -1.36. The molecule has 0 amide bonds. The Balaban J connectivity index is 0.000000182. The van der Waals surface area contributed by atoms with Crippen LogP contribution in [0.25, 0.3) is 11.2 Å². The lowest BCUT2D eigenvalue weighted by Crippen LogP contribution is -2.38. The summed E-state index contributed by atoms with van der Waals surface area (Å²) in [6, 6.07) is 0.0405. The zero-order valence-corrected chi connectivity index (χ0v) is 11.2. The van der Waals surface area contributed by atoms with Crippen LogP contribution in [0.2, 0.25) is 0 Å². The molecule has 112 valence electrons. The maximum atomic E-state index is 8.87. The van der Waals surface area contributed by atoms with Crippen LogP contribution in [0.4, 0.5) is 5.82 Å². The normalized spacial score (nSPS) is 21.4. The van der Waals surface area contributed by atoms with Crippen LogP contribution in [-0.4, -0.2) is 62.6 Å². The Morgan fingerprint density at radius 3 is 2.60 bits per heavy atom. The van der Waals surface area contributed by atoms with Crippen molar-refractivity contribution in [1.29, 1.82) is 0 Å². The lowest BCUT2D eigenvalue weighted by atomic mass is 10.1. The molecule has 0 saturated carbocycles. The van der Waals surface area contributed by atoms with E-state index < -0.39 is 0 Å². The Bertz CT molecular complexity index is 498. The third-order valence-electron chi connectivity index (χ3n) is 2.47. The largest absolute Gasteiger partial charge is 0.400 e. The first-order valence-electron chi connectivity index (χ1n) is 6.02. The summed E-state index contributed by atoms with van der Waals surface area (Å²) in [5, 5.41) is 15.9. The number of fused-ring (bicyclic) bond motifs is 1. The molecule has 2 atom stereocenters. The zero-order chi connectivity index (χ0) is 15.0. The van der Waals surface area contributed by atoms with Gasteiger partial charge in [0.15, 0.2) is 11.5 Å². The van der Waals surface area contributed by atoms with Gasteiger partial charge in [-0.3, -0.25) is 0 Å². The molecule has 2 aromatic rings. The summed E-state index contributed by atoms with van der Waals surface area (Å²) in [5.74, 6) is 0.433. The van der Waals surface area contributed by atoms with Gasteiger partial charge in [-0.25, -0.2) is 15.0 Å². The Morgan fingerprint density at radius 2 is 2.05 bits per heavy atom. The smallest absolute Gasteiger partial charge is 0.182 e. The van der Waals surface area contributed by atoms with Gasteiger partial charge in [-0.2, -0.15) is 0 Å². The number of nitrogens with one attached hydrogen (secondary N) is 1. The summed E-state index contributed by atoms with van der Waals surface area (Å²) in [5.41, 5.74) is 12.2. The number of aliphatic hydroxyl groups excluding tert-OH is 2. The number of rotatable bonds is 0. The number of hydrogen-bond donors (Lipinski definition) is 5. The van der Waals surface area contributed by atoms with Crippen molar-refractivity contribution < 1.29 is 14.9 Å². The average molecular weight is 284 g/mol. The molecule has 2 aromatic heterocycles. The number of nitrogens with two attached hydrogens (primary N) is 2. The monoisotopic (exact) mass is 284 g/mol. The van der Waals surface area contributed by atoms with E-state index in [1.165, 1.54) is 12.7 Å². The molecule has 2 unspecified atom stereocenters. The molecule has 9 heteroatoms. The summed E-state index contributed by atoms with van der Waals surface area (Å²) in [4.78, 5) is 14.4. The molecule has 1 saturated heterocycles. The van der Waals surface area contributed by atoms with Crippen molar-refractivity contribution in [3.8, 4) is 0 Å². The maximum absolute atomic E-state index is 8.87. The minimum absolute atomic E-state index is 0.0405. The Morgan fingerprint density at radius 1 is 1.30 bits per heavy atom. The van der Waals surface area contributed by atoms with Crippen LogP contribution < -0.4 is 11.5 Å². The standard InChI is InChI=1S/C5H5N5.C5H11NO2.CH4O/c6-4-3-5(9-1-7-3)10-2-8-4;6-4-1-5(7)3-8-2-4;1-2/h1-2H,(H3,6,7,8,9,10);4-5,7H,1-3,6H2;2H,1H3. The van der Waals surface area contributed by atoms with Gasteiger partial charge in [0.25, 0.3) is 0 Å². The van der Waals surface area contributed by atoms with Gasteiger partial charge < -0.3 is 31.4 Å². The minimum atomic E-state index is -0.334. The second kappa shape index (κ2) is 8.38. The van der Waals surface area contributed by atoms with Gasteiger partial charge in [-0.15, -0.1) is 0 Å². The van der Waals surface area contributed by atoms with Crippen LogP contribution in [0.1, 0.15) is 6.42 Å². The van der Waals surface area contributed by atoms with Crippen LogP contribution in [0, 0.1) is 0 Å². The third-order valence-corrected chi connectivity index (χ3v) is 2.47. The molecule has 1 fully saturated rings. The summed E-state index contributed by atoms with van der Waals surface area (Å²) in [6.45, 7) is 1.05. The molecule has 0 radical (unpaired) electrons. The van der Waals surface area contributed by atoms with Gasteiger partial charge in [0.05, 0.1) is 25.6 Å². The highest BCUT2D eigenvalue weighted by Gasteiger charge is 2.16. The summed E-state index contributed by atoms with van der Waals surface area (Å²) < 4.78 is 4.92. The molecule has 9 nitrogen and oxygen atoms in total. The lowest BCUT2D eigenvalue weighted by Gasteiger charge is -2.22. The molecule has 7 N–H and O–H groups in total. The van der Waals surface area contributed by atoms with E-state index in [2.05, 4.69) is 19.9 Å². The molecule has 3 rings (SSSR count). The molecule has 0 spiro atoms. The van der Waals surface area contributed by atoms with Gasteiger partial charge in [0, 0.05) is 13.2 Å². The SMILES string of the molecule is CO.NC1COCC(O)C1.Nc1ncnc2nc[nH]c12. The maximum Gasteiger partial charge on any atom is 0.182 e. The van der Waals surface area contributed by atoms with E-state index in [9.17, 15) is 0 Å². The van der Waals surface area contributed by atoms with Crippen molar-refractivity contribution in [3.63, 3.8) is 0 Å². The van der Waals surface area contributed by atoms with Crippen molar-refractivity contribution >= 4 is 17.0 Å². The van der Waals surface area contributed by atoms with Gasteiger partial charge >= 0.3 is 0 Å². The quantitative estimate of drug-likeness (QED) is 0.397. The van der Waals surface area contributed by atoms with E-state index in [-0.39, 0.29) is 12.1 Å². The van der Waals surface area contributed by atoms with Crippen LogP contribution in [0.5, 0.6) is 0 Å². The van der Waals surface area contributed by atoms with Crippen LogP contribution in [0.3, 0.4) is 0 Å². The van der Waals surface area contributed by atoms with Crippen LogP contribution in [-0.2, 0) is 4.74 Å². The first-order chi connectivity index (χ1) is 9.66. The van der Waals surface area contributed by atoms with E-state index in [0.717, 1.165) is 7.11 Å². The van der Waals surface area contributed by atoms with Crippen molar-refractivity contribution in [2.24, 2.45) is 5.73 Å². The van der Waals surface area contributed by atoms with Gasteiger partial charge in [-0.05, 0) is 6.42 Å². The Labute approximate surface area is 116 Å². The molecule has 0 bridgehead atoms. The number of ether oxygens (including phenoxy) is 1. The lowest BCUT2D eigenvalue weighted by molar-refractivity contribution is -0.0154. The molecular formula is C11H20N6O3. The molecule has 1 aliphatic rings. The van der Waals surface area contributed by atoms with Crippen molar-refractivity contribution in [3.05, 3.63) is 12.7 Å². The number of aromatic amines is 1. The minimum Gasteiger partial charge on any atom is -0.400 e. The van der Waals surface area contributed by atoms with E-state index in [4.69, 9.17) is 26.4 Å². The molecule has 0 aromatic carbocycles. The van der Waals surface area contributed by atoms with Crippen LogP contribution >= 0.6 is 0 Å². The number of anilines is 1. The molecule has 20 heavy (non-hydrogen) atoms. The number of hydrogen-bond acceptors (Lipinski definition) is 8. The number of imidazole rings is 1. The first-order valence-corrected chi connectivity index (χ1v) is 6.02. The fourth-order valence-corrected chi connectivity index (χ4v) is 1.62. The van der Waals surface area contributed by atoms with E-state index >= 15 is 0 Å². The zero-order valence-electron chi connectivity index (χ0n) is 11.2. The number of aromatic nitrogens is 4.